The van der Waals surface area contributed by atoms with E-state index >= 15 is 0 Å². The van der Waals surface area contributed by atoms with Gasteiger partial charge in [-0.25, -0.2) is 0 Å². The highest BCUT2D eigenvalue weighted by Gasteiger charge is 2.03. The van der Waals surface area contributed by atoms with E-state index in [1.807, 2.05) is 18.5 Å². The first-order valence-electron chi connectivity index (χ1n) is 5.40. The van der Waals surface area contributed by atoms with Crippen LogP contribution in [0.5, 0.6) is 5.75 Å². The molecular formula is C13H14N2O2. The van der Waals surface area contributed by atoms with E-state index in [2.05, 4.69) is 10.3 Å². The fourth-order valence-electron chi connectivity index (χ4n) is 1.53. The Morgan fingerprint density at radius 2 is 1.94 bits per heavy atom. The zero-order valence-electron chi connectivity index (χ0n) is 9.31. The van der Waals surface area contributed by atoms with Crippen molar-refractivity contribution in [1.29, 1.82) is 0 Å². The van der Waals surface area contributed by atoms with Gasteiger partial charge in [0.2, 0.25) is 5.91 Å². The van der Waals surface area contributed by atoms with E-state index in [1.165, 1.54) is 0 Å². The van der Waals surface area contributed by atoms with Crippen LogP contribution in [0.3, 0.4) is 0 Å². The molecule has 1 aromatic carbocycles. The molecule has 0 fully saturated rings. The van der Waals surface area contributed by atoms with Crippen LogP contribution in [0.25, 0.3) is 0 Å². The van der Waals surface area contributed by atoms with Gasteiger partial charge in [0.15, 0.2) is 0 Å². The van der Waals surface area contributed by atoms with Crippen molar-refractivity contribution >= 4 is 5.91 Å². The van der Waals surface area contributed by atoms with Gasteiger partial charge in [-0.05, 0) is 29.3 Å². The van der Waals surface area contributed by atoms with Gasteiger partial charge in [-0.15, -0.1) is 0 Å². The number of nitrogens with one attached hydrogen (secondary N) is 2. The summed E-state index contributed by atoms with van der Waals surface area (Å²) in [6.07, 6.45) is 3.99. The molecule has 4 nitrogen and oxygen atoms in total. The molecule has 1 aromatic heterocycles. The fourth-order valence-corrected chi connectivity index (χ4v) is 1.53. The SMILES string of the molecule is O=C(Cc1ccc(O)cc1)NCc1cc[nH]c1. The lowest BCUT2D eigenvalue weighted by Crippen LogP contribution is -2.24. The summed E-state index contributed by atoms with van der Waals surface area (Å²) in [7, 11) is 0. The van der Waals surface area contributed by atoms with Gasteiger partial charge in [0.25, 0.3) is 0 Å². The molecule has 0 bridgehead atoms. The van der Waals surface area contributed by atoms with Crippen LogP contribution in [0.4, 0.5) is 0 Å². The van der Waals surface area contributed by atoms with Crippen LogP contribution in [0, 0.1) is 0 Å². The van der Waals surface area contributed by atoms with Gasteiger partial charge in [-0.1, -0.05) is 12.1 Å². The summed E-state index contributed by atoms with van der Waals surface area (Å²) < 4.78 is 0. The molecule has 1 amide bonds. The van der Waals surface area contributed by atoms with Gasteiger partial charge in [0, 0.05) is 18.9 Å². The molecule has 0 radical (unpaired) electrons. The zero-order chi connectivity index (χ0) is 12.1. The van der Waals surface area contributed by atoms with Gasteiger partial charge in [-0.3, -0.25) is 4.79 Å². The van der Waals surface area contributed by atoms with E-state index in [-0.39, 0.29) is 11.7 Å². The largest absolute Gasteiger partial charge is 0.508 e. The normalized spacial score (nSPS) is 10.1. The summed E-state index contributed by atoms with van der Waals surface area (Å²) in [5.41, 5.74) is 1.93. The van der Waals surface area contributed by atoms with Crippen LogP contribution in [0.15, 0.2) is 42.7 Å². The Labute approximate surface area is 99.3 Å². The predicted octanol–water partition coefficient (Wildman–Crippen LogP) is 1.58. The molecule has 0 saturated carbocycles. The lowest BCUT2D eigenvalue weighted by molar-refractivity contribution is -0.120. The molecule has 2 aromatic rings. The highest BCUT2D eigenvalue weighted by atomic mass is 16.3. The minimum absolute atomic E-state index is 0.0307. The Bertz CT molecular complexity index is 475. The van der Waals surface area contributed by atoms with Crippen molar-refractivity contribution in [2.45, 2.75) is 13.0 Å². The monoisotopic (exact) mass is 230 g/mol. The number of aromatic nitrogens is 1. The summed E-state index contributed by atoms with van der Waals surface area (Å²) in [4.78, 5) is 14.5. The molecule has 0 aliphatic rings. The number of phenolic OH excluding ortho intramolecular Hbond substituents is 1. The number of aromatic hydroxyl groups is 1. The summed E-state index contributed by atoms with van der Waals surface area (Å²) in [6, 6.07) is 8.56. The second-order valence-electron chi connectivity index (χ2n) is 3.84. The van der Waals surface area contributed by atoms with Crippen LogP contribution >= 0.6 is 0 Å². The van der Waals surface area contributed by atoms with Crippen LogP contribution in [-0.4, -0.2) is 16.0 Å². The maximum Gasteiger partial charge on any atom is 0.224 e. The molecule has 0 atom stereocenters. The predicted molar refractivity (Wildman–Crippen MR) is 64.5 cm³/mol. The van der Waals surface area contributed by atoms with Crippen LogP contribution in [-0.2, 0) is 17.8 Å². The Balaban J connectivity index is 1.83. The number of H-pyrrole nitrogens is 1. The molecule has 3 N–H and O–H groups in total. The number of carbonyl (C=O) groups excluding carboxylic acids is 1. The van der Waals surface area contributed by atoms with Crippen molar-refractivity contribution in [2.75, 3.05) is 0 Å². The molecule has 1 heterocycles. The first-order chi connectivity index (χ1) is 8.24. The third kappa shape index (κ3) is 3.38. The average Bonchev–Trinajstić information content (AvgIpc) is 2.83. The van der Waals surface area contributed by atoms with Gasteiger partial charge in [0.1, 0.15) is 5.75 Å². The standard InChI is InChI=1S/C13H14N2O2/c16-12-3-1-10(2-4-12)7-13(17)15-9-11-5-6-14-8-11/h1-6,8,14,16H,7,9H2,(H,15,17). The molecule has 0 saturated heterocycles. The van der Waals surface area contributed by atoms with E-state index in [9.17, 15) is 4.79 Å². The first kappa shape index (κ1) is 11.3. The molecule has 0 spiro atoms. The van der Waals surface area contributed by atoms with E-state index in [0.717, 1.165) is 11.1 Å². The van der Waals surface area contributed by atoms with E-state index in [0.29, 0.717) is 13.0 Å². The number of benzene rings is 1. The average molecular weight is 230 g/mol. The summed E-state index contributed by atoms with van der Waals surface area (Å²) >= 11 is 0. The number of hydrogen-bond donors (Lipinski definition) is 3. The number of hydrogen-bond acceptors (Lipinski definition) is 2. The molecule has 4 heteroatoms. The second kappa shape index (κ2) is 5.21. The van der Waals surface area contributed by atoms with Crippen molar-refractivity contribution < 1.29 is 9.90 Å². The second-order valence-corrected chi connectivity index (χ2v) is 3.84. The lowest BCUT2D eigenvalue weighted by atomic mass is 10.1. The van der Waals surface area contributed by atoms with Crippen LogP contribution in [0.1, 0.15) is 11.1 Å². The minimum atomic E-state index is -0.0307. The lowest BCUT2D eigenvalue weighted by Gasteiger charge is -2.04. The Morgan fingerprint density at radius 1 is 1.18 bits per heavy atom. The molecule has 0 aliphatic heterocycles. The number of aromatic amines is 1. The fraction of sp³-hybridized carbons (Fsp3) is 0.154. The van der Waals surface area contributed by atoms with Gasteiger partial charge in [-0.2, -0.15) is 0 Å². The van der Waals surface area contributed by atoms with Gasteiger partial charge < -0.3 is 15.4 Å². The van der Waals surface area contributed by atoms with Crippen LogP contribution < -0.4 is 5.32 Å². The van der Waals surface area contributed by atoms with E-state index in [1.54, 1.807) is 24.3 Å². The van der Waals surface area contributed by atoms with E-state index < -0.39 is 0 Å². The highest BCUT2D eigenvalue weighted by Crippen LogP contribution is 2.09. The maximum atomic E-state index is 11.6. The molecule has 88 valence electrons. The van der Waals surface area contributed by atoms with Gasteiger partial charge in [0.05, 0.1) is 6.42 Å². The summed E-state index contributed by atoms with van der Waals surface area (Å²) in [5.74, 6) is 0.179. The van der Waals surface area contributed by atoms with Crippen molar-refractivity contribution in [1.82, 2.24) is 10.3 Å². The minimum Gasteiger partial charge on any atom is -0.508 e. The molecule has 0 aliphatic carbocycles. The van der Waals surface area contributed by atoms with Gasteiger partial charge >= 0.3 is 0 Å². The Hall–Kier alpha value is -2.23. The molecular weight excluding hydrogens is 216 g/mol. The topological polar surface area (TPSA) is 65.1 Å². The maximum absolute atomic E-state index is 11.6. The summed E-state index contributed by atoms with van der Waals surface area (Å²) in [6.45, 7) is 0.528. The quantitative estimate of drug-likeness (QED) is 0.746. The zero-order valence-corrected chi connectivity index (χ0v) is 9.31. The molecule has 2 rings (SSSR count). The smallest absolute Gasteiger partial charge is 0.224 e. The number of rotatable bonds is 4. The number of carbonyl (C=O) groups is 1. The molecule has 0 unspecified atom stereocenters. The first-order valence-corrected chi connectivity index (χ1v) is 5.40. The Morgan fingerprint density at radius 3 is 2.59 bits per heavy atom. The third-order valence-electron chi connectivity index (χ3n) is 2.45. The van der Waals surface area contributed by atoms with Crippen molar-refractivity contribution in [3.63, 3.8) is 0 Å². The van der Waals surface area contributed by atoms with Crippen molar-refractivity contribution in [3.05, 3.63) is 53.9 Å². The molecule has 17 heavy (non-hydrogen) atoms. The van der Waals surface area contributed by atoms with Crippen molar-refractivity contribution in [2.24, 2.45) is 0 Å². The highest BCUT2D eigenvalue weighted by molar-refractivity contribution is 5.78. The summed E-state index contributed by atoms with van der Waals surface area (Å²) in [5, 5.41) is 11.9. The number of phenols is 1. The Kier molecular flexibility index (Phi) is 3.45. The van der Waals surface area contributed by atoms with E-state index in [4.69, 9.17) is 5.11 Å². The van der Waals surface area contributed by atoms with Crippen LogP contribution in [0.2, 0.25) is 0 Å². The number of amides is 1. The third-order valence-corrected chi connectivity index (χ3v) is 2.45. The van der Waals surface area contributed by atoms with Crippen molar-refractivity contribution in [3.8, 4) is 5.75 Å².